The molecule has 132 valence electrons. The van der Waals surface area contributed by atoms with Crippen molar-refractivity contribution in [3.63, 3.8) is 0 Å². The van der Waals surface area contributed by atoms with E-state index in [4.69, 9.17) is 9.47 Å². The van der Waals surface area contributed by atoms with E-state index in [0.29, 0.717) is 11.4 Å². The number of rotatable bonds is 5. The van der Waals surface area contributed by atoms with E-state index >= 15 is 0 Å². The number of aryl methyl sites for hydroxylation is 2. The van der Waals surface area contributed by atoms with Crippen molar-refractivity contribution in [3.05, 3.63) is 53.1 Å². The lowest BCUT2D eigenvalue weighted by atomic mass is 9.91. The number of carbonyl (C=O) groups is 1. The Hall–Kier alpha value is -2.49. The van der Waals surface area contributed by atoms with Crippen LogP contribution in [0.3, 0.4) is 0 Å². The molecule has 0 aromatic heterocycles. The zero-order valence-corrected chi connectivity index (χ0v) is 15.1. The van der Waals surface area contributed by atoms with Crippen molar-refractivity contribution in [1.82, 2.24) is 0 Å². The summed E-state index contributed by atoms with van der Waals surface area (Å²) in [5, 5.41) is 2.91. The summed E-state index contributed by atoms with van der Waals surface area (Å²) in [5.74, 6) is 1.29. The van der Waals surface area contributed by atoms with E-state index in [0.717, 1.165) is 24.2 Å². The Morgan fingerprint density at radius 3 is 2.72 bits per heavy atom. The van der Waals surface area contributed by atoms with Gasteiger partial charge in [-0.25, -0.2) is 0 Å². The minimum atomic E-state index is -0.585. The second-order valence-electron chi connectivity index (χ2n) is 6.55. The molecule has 0 saturated heterocycles. The summed E-state index contributed by atoms with van der Waals surface area (Å²) in [4.78, 5) is 12.6. The largest absolute Gasteiger partial charge is 0.495 e. The second kappa shape index (κ2) is 7.60. The van der Waals surface area contributed by atoms with Gasteiger partial charge in [0.2, 0.25) is 0 Å². The molecule has 1 aliphatic carbocycles. The minimum absolute atomic E-state index is 0.183. The van der Waals surface area contributed by atoms with Crippen LogP contribution in [0.2, 0.25) is 0 Å². The molecule has 2 aromatic rings. The Labute approximate surface area is 149 Å². The number of methoxy groups -OCH3 is 1. The van der Waals surface area contributed by atoms with Crippen molar-refractivity contribution in [2.24, 2.45) is 0 Å². The highest BCUT2D eigenvalue weighted by Crippen LogP contribution is 2.30. The molecule has 4 nitrogen and oxygen atoms in total. The number of fused-ring (bicyclic) bond motifs is 1. The van der Waals surface area contributed by atoms with Gasteiger partial charge in [0.25, 0.3) is 5.91 Å². The Morgan fingerprint density at radius 1 is 1.12 bits per heavy atom. The number of ether oxygens (including phenoxy) is 2. The molecule has 1 atom stereocenters. The molecule has 0 spiro atoms. The smallest absolute Gasteiger partial charge is 0.265 e. The lowest BCUT2D eigenvalue weighted by molar-refractivity contribution is -0.122. The van der Waals surface area contributed by atoms with Gasteiger partial charge in [-0.2, -0.15) is 0 Å². The highest BCUT2D eigenvalue weighted by molar-refractivity contribution is 5.95. The molecule has 2 aromatic carbocycles. The average molecular weight is 339 g/mol. The first-order valence-electron chi connectivity index (χ1n) is 8.81. The Balaban J connectivity index is 1.73. The maximum absolute atomic E-state index is 12.6. The topological polar surface area (TPSA) is 47.6 Å². The number of nitrogens with one attached hydrogen (secondary N) is 1. The third-order valence-electron chi connectivity index (χ3n) is 4.64. The number of anilines is 1. The predicted octanol–water partition coefficient (Wildman–Crippen LogP) is 4.29. The van der Waals surface area contributed by atoms with Crippen LogP contribution in [0, 0.1) is 6.92 Å². The van der Waals surface area contributed by atoms with Crippen LogP contribution in [-0.2, 0) is 17.6 Å². The molecule has 0 fully saturated rings. The van der Waals surface area contributed by atoms with Crippen LogP contribution in [-0.4, -0.2) is 19.1 Å². The van der Waals surface area contributed by atoms with E-state index in [1.165, 1.54) is 24.0 Å². The van der Waals surface area contributed by atoms with E-state index in [-0.39, 0.29) is 5.91 Å². The fourth-order valence-corrected chi connectivity index (χ4v) is 3.25. The lowest BCUT2D eigenvalue weighted by Crippen LogP contribution is -2.30. The maximum atomic E-state index is 12.6. The quantitative estimate of drug-likeness (QED) is 0.884. The van der Waals surface area contributed by atoms with Gasteiger partial charge >= 0.3 is 0 Å². The summed E-state index contributed by atoms with van der Waals surface area (Å²) >= 11 is 0. The second-order valence-corrected chi connectivity index (χ2v) is 6.55. The van der Waals surface area contributed by atoms with E-state index in [2.05, 4.69) is 11.4 Å². The Bertz CT molecular complexity index is 770. The van der Waals surface area contributed by atoms with E-state index in [1.54, 1.807) is 14.0 Å². The van der Waals surface area contributed by atoms with Crippen LogP contribution in [0.25, 0.3) is 0 Å². The molecule has 0 aliphatic heterocycles. The van der Waals surface area contributed by atoms with Gasteiger partial charge in [0, 0.05) is 0 Å². The van der Waals surface area contributed by atoms with Crippen LogP contribution in [0.5, 0.6) is 11.5 Å². The Morgan fingerprint density at radius 2 is 1.92 bits per heavy atom. The lowest BCUT2D eigenvalue weighted by Gasteiger charge is -2.22. The molecule has 3 rings (SSSR count). The highest BCUT2D eigenvalue weighted by Gasteiger charge is 2.20. The third kappa shape index (κ3) is 3.95. The summed E-state index contributed by atoms with van der Waals surface area (Å²) < 4.78 is 11.3. The molecule has 0 bridgehead atoms. The molecule has 1 N–H and O–H groups in total. The number of carbonyl (C=O) groups excluding carboxylic acids is 1. The van der Waals surface area contributed by atoms with Gasteiger partial charge in [0.15, 0.2) is 6.10 Å². The molecule has 1 aliphatic rings. The monoisotopic (exact) mass is 339 g/mol. The van der Waals surface area contributed by atoms with Crippen molar-refractivity contribution in [2.75, 3.05) is 12.4 Å². The van der Waals surface area contributed by atoms with Crippen molar-refractivity contribution >= 4 is 11.6 Å². The summed E-state index contributed by atoms with van der Waals surface area (Å²) in [6.07, 6.45) is 3.92. The van der Waals surface area contributed by atoms with E-state index in [9.17, 15) is 4.79 Å². The molecule has 25 heavy (non-hydrogen) atoms. The van der Waals surface area contributed by atoms with Gasteiger partial charge in [-0.3, -0.25) is 4.79 Å². The number of amides is 1. The van der Waals surface area contributed by atoms with Crippen LogP contribution >= 0.6 is 0 Å². The highest BCUT2D eigenvalue weighted by atomic mass is 16.5. The minimum Gasteiger partial charge on any atom is -0.495 e. The predicted molar refractivity (Wildman–Crippen MR) is 99.5 cm³/mol. The first-order chi connectivity index (χ1) is 12.1. The van der Waals surface area contributed by atoms with Gasteiger partial charge in [-0.1, -0.05) is 18.2 Å². The summed E-state index contributed by atoms with van der Waals surface area (Å²) in [6, 6.07) is 11.8. The van der Waals surface area contributed by atoms with Gasteiger partial charge in [-0.15, -0.1) is 0 Å². The standard InChI is InChI=1S/C21H25NO3/c1-14-11-12-20(24-3)18(13-14)22-21(23)15(2)25-19-10-6-8-16-7-4-5-9-17(16)19/h6,8,10-13,15H,4-5,7,9H2,1-3H3,(H,22,23). The van der Waals surface area contributed by atoms with Gasteiger partial charge in [0.05, 0.1) is 12.8 Å². The van der Waals surface area contributed by atoms with Crippen LogP contribution < -0.4 is 14.8 Å². The van der Waals surface area contributed by atoms with E-state index in [1.807, 2.05) is 37.3 Å². The zero-order chi connectivity index (χ0) is 17.8. The first kappa shape index (κ1) is 17.3. The molecular weight excluding hydrogens is 314 g/mol. The summed E-state index contributed by atoms with van der Waals surface area (Å²) in [6.45, 7) is 3.76. The number of benzene rings is 2. The molecule has 1 unspecified atom stereocenters. The van der Waals surface area contributed by atoms with Crippen LogP contribution in [0.15, 0.2) is 36.4 Å². The Kier molecular flexibility index (Phi) is 5.27. The molecule has 0 saturated carbocycles. The fourth-order valence-electron chi connectivity index (χ4n) is 3.25. The molecular formula is C21H25NO3. The van der Waals surface area contributed by atoms with Gasteiger partial charge < -0.3 is 14.8 Å². The van der Waals surface area contributed by atoms with Gasteiger partial charge in [-0.05, 0) is 74.4 Å². The number of hydrogen-bond donors (Lipinski definition) is 1. The maximum Gasteiger partial charge on any atom is 0.265 e. The molecule has 0 radical (unpaired) electrons. The normalized spacial score (nSPS) is 14.4. The number of hydrogen-bond acceptors (Lipinski definition) is 3. The summed E-state index contributed by atoms with van der Waals surface area (Å²) in [5.41, 5.74) is 4.32. The van der Waals surface area contributed by atoms with Crippen molar-refractivity contribution in [3.8, 4) is 11.5 Å². The first-order valence-corrected chi connectivity index (χ1v) is 8.81. The van der Waals surface area contributed by atoms with Crippen molar-refractivity contribution < 1.29 is 14.3 Å². The third-order valence-corrected chi connectivity index (χ3v) is 4.64. The molecule has 4 heteroatoms. The molecule has 1 amide bonds. The van der Waals surface area contributed by atoms with Crippen LogP contribution in [0.1, 0.15) is 36.5 Å². The molecule has 0 heterocycles. The van der Waals surface area contributed by atoms with Gasteiger partial charge in [0.1, 0.15) is 11.5 Å². The fraction of sp³-hybridized carbons (Fsp3) is 0.381. The van der Waals surface area contributed by atoms with Crippen LogP contribution in [0.4, 0.5) is 5.69 Å². The summed E-state index contributed by atoms with van der Waals surface area (Å²) in [7, 11) is 1.59. The zero-order valence-electron chi connectivity index (χ0n) is 15.1. The van der Waals surface area contributed by atoms with Crippen molar-refractivity contribution in [2.45, 2.75) is 45.6 Å². The average Bonchev–Trinajstić information content (AvgIpc) is 2.62. The SMILES string of the molecule is COc1ccc(C)cc1NC(=O)C(C)Oc1cccc2c1CCCC2. The van der Waals surface area contributed by atoms with Crippen molar-refractivity contribution in [1.29, 1.82) is 0 Å². The van der Waals surface area contributed by atoms with E-state index < -0.39 is 6.10 Å².